The number of hydrogen-bond acceptors (Lipinski definition) is 2. The van der Waals surface area contributed by atoms with E-state index in [1.54, 1.807) is 0 Å². The first-order valence-corrected chi connectivity index (χ1v) is 7.30. The van der Waals surface area contributed by atoms with Crippen molar-refractivity contribution >= 4 is 0 Å². The minimum absolute atomic E-state index is 0.352. The molecule has 2 nitrogen and oxygen atoms in total. The van der Waals surface area contributed by atoms with Gasteiger partial charge in [0, 0.05) is 12.1 Å². The Morgan fingerprint density at radius 2 is 1.78 bits per heavy atom. The van der Waals surface area contributed by atoms with Crippen LogP contribution in [0.25, 0.3) is 0 Å². The van der Waals surface area contributed by atoms with Crippen molar-refractivity contribution in [1.82, 2.24) is 4.90 Å². The Balaban J connectivity index is 2.09. The first-order valence-electron chi connectivity index (χ1n) is 7.30. The van der Waals surface area contributed by atoms with Crippen molar-refractivity contribution in [3.05, 3.63) is 35.9 Å². The molecule has 1 aliphatic carbocycles. The molecular formula is C16H26N2. The van der Waals surface area contributed by atoms with Crippen LogP contribution in [0.3, 0.4) is 0 Å². The highest BCUT2D eigenvalue weighted by Crippen LogP contribution is 2.34. The van der Waals surface area contributed by atoms with Crippen LogP contribution in [-0.4, -0.2) is 30.1 Å². The molecule has 0 bridgehead atoms. The van der Waals surface area contributed by atoms with E-state index in [0.29, 0.717) is 18.0 Å². The van der Waals surface area contributed by atoms with Crippen LogP contribution in [0.4, 0.5) is 0 Å². The topological polar surface area (TPSA) is 29.3 Å². The van der Waals surface area contributed by atoms with Gasteiger partial charge in [0.15, 0.2) is 0 Å². The van der Waals surface area contributed by atoms with Gasteiger partial charge in [0.1, 0.15) is 0 Å². The van der Waals surface area contributed by atoms with Crippen LogP contribution in [0.5, 0.6) is 0 Å². The van der Waals surface area contributed by atoms with E-state index in [1.165, 1.54) is 18.4 Å². The van der Waals surface area contributed by atoms with Gasteiger partial charge in [-0.2, -0.15) is 0 Å². The van der Waals surface area contributed by atoms with Crippen LogP contribution in [0.15, 0.2) is 30.3 Å². The van der Waals surface area contributed by atoms with Crippen LogP contribution in [0.1, 0.15) is 44.6 Å². The third-order valence-electron chi connectivity index (χ3n) is 4.42. The first-order chi connectivity index (χ1) is 8.76. The van der Waals surface area contributed by atoms with Crippen LogP contribution >= 0.6 is 0 Å². The largest absolute Gasteiger partial charge is 0.326 e. The number of rotatable bonds is 4. The third-order valence-corrected chi connectivity index (χ3v) is 4.42. The fourth-order valence-corrected chi connectivity index (χ4v) is 3.31. The zero-order valence-electron chi connectivity index (χ0n) is 11.7. The Bertz CT molecular complexity index is 345. The van der Waals surface area contributed by atoms with Crippen LogP contribution in [0, 0.1) is 0 Å². The zero-order chi connectivity index (χ0) is 13.0. The molecule has 1 fully saturated rings. The number of likely N-dealkylation sites (N-methyl/N-ethyl adjacent to an activating group) is 1. The lowest BCUT2D eigenvalue weighted by Gasteiger charge is -2.40. The lowest BCUT2D eigenvalue weighted by molar-refractivity contribution is 0.140. The van der Waals surface area contributed by atoms with Crippen molar-refractivity contribution in [2.75, 3.05) is 13.1 Å². The van der Waals surface area contributed by atoms with E-state index in [2.05, 4.69) is 49.1 Å². The molecule has 0 aromatic heterocycles. The van der Waals surface area contributed by atoms with Gasteiger partial charge in [-0.15, -0.1) is 0 Å². The number of hydrogen-bond donors (Lipinski definition) is 1. The maximum atomic E-state index is 6.33. The fraction of sp³-hybridized carbons (Fsp3) is 0.625. The SMILES string of the molecule is CCN(CC)C1CC(c2ccccc2)CCC1N. The zero-order valence-corrected chi connectivity index (χ0v) is 11.7. The highest BCUT2D eigenvalue weighted by molar-refractivity contribution is 5.20. The highest BCUT2D eigenvalue weighted by atomic mass is 15.2. The van der Waals surface area contributed by atoms with E-state index in [0.717, 1.165) is 19.5 Å². The van der Waals surface area contributed by atoms with Gasteiger partial charge in [-0.05, 0) is 43.8 Å². The van der Waals surface area contributed by atoms with Gasteiger partial charge in [-0.3, -0.25) is 4.90 Å². The number of benzene rings is 1. The molecule has 1 aromatic carbocycles. The van der Waals surface area contributed by atoms with Crippen LogP contribution < -0.4 is 5.73 Å². The van der Waals surface area contributed by atoms with Crippen molar-refractivity contribution in [2.24, 2.45) is 5.73 Å². The molecule has 0 aliphatic heterocycles. The molecule has 18 heavy (non-hydrogen) atoms. The van der Waals surface area contributed by atoms with Crippen molar-refractivity contribution in [1.29, 1.82) is 0 Å². The van der Waals surface area contributed by atoms with Gasteiger partial charge >= 0.3 is 0 Å². The second-order valence-electron chi connectivity index (χ2n) is 5.37. The molecule has 0 amide bonds. The number of nitrogens with zero attached hydrogens (tertiary/aromatic N) is 1. The molecule has 3 unspecified atom stereocenters. The predicted molar refractivity (Wildman–Crippen MR) is 77.7 cm³/mol. The highest BCUT2D eigenvalue weighted by Gasteiger charge is 2.31. The minimum Gasteiger partial charge on any atom is -0.326 e. The molecule has 1 saturated carbocycles. The quantitative estimate of drug-likeness (QED) is 0.885. The van der Waals surface area contributed by atoms with E-state index in [-0.39, 0.29) is 0 Å². The maximum absolute atomic E-state index is 6.33. The van der Waals surface area contributed by atoms with Crippen LogP contribution in [0.2, 0.25) is 0 Å². The monoisotopic (exact) mass is 246 g/mol. The lowest BCUT2D eigenvalue weighted by Crippen LogP contribution is -2.50. The molecular weight excluding hydrogens is 220 g/mol. The smallest absolute Gasteiger partial charge is 0.0252 e. The Hall–Kier alpha value is -0.860. The van der Waals surface area contributed by atoms with E-state index >= 15 is 0 Å². The standard InChI is InChI=1S/C16H26N2/c1-3-18(4-2)16-12-14(10-11-15(16)17)13-8-6-5-7-9-13/h5-9,14-16H,3-4,10-12,17H2,1-2H3. The Morgan fingerprint density at radius 1 is 1.11 bits per heavy atom. The summed E-state index contributed by atoms with van der Waals surface area (Å²) in [5.74, 6) is 0.691. The second kappa shape index (κ2) is 6.35. The van der Waals surface area contributed by atoms with E-state index in [9.17, 15) is 0 Å². The van der Waals surface area contributed by atoms with Crippen molar-refractivity contribution in [2.45, 2.75) is 51.1 Å². The summed E-state index contributed by atoms with van der Waals surface area (Å²) in [5.41, 5.74) is 7.82. The Kier molecular flexibility index (Phi) is 4.79. The molecule has 3 atom stereocenters. The van der Waals surface area contributed by atoms with Gasteiger partial charge in [0.05, 0.1) is 0 Å². The first kappa shape index (κ1) is 13.6. The summed E-state index contributed by atoms with van der Waals surface area (Å²) in [7, 11) is 0. The van der Waals surface area contributed by atoms with E-state index in [1.807, 2.05) is 0 Å². The second-order valence-corrected chi connectivity index (χ2v) is 5.37. The molecule has 1 aliphatic rings. The van der Waals surface area contributed by atoms with Crippen LogP contribution in [-0.2, 0) is 0 Å². The van der Waals surface area contributed by atoms with E-state index < -0.39 is 0 Å². The summed E-state index contributed by atoms with van der Waals surface area (Å²) >= 11 is 0. The summed E-state index contributed by atoms with van der Waals surface area (Å²) in [6.45, 7) is 6.69. The summed E-state index contributed by atoms with van der Waals surface area (Å²) < 4.78 is 0. The van der Waals surface area contributed by atoms with Crippen molar-refractivity contribution < 1.29 is 0 Å². The molecule has 0 saturated heterocycles. The molecule has 0 radical (unpaired) electrons. The van der Waals surface area contributed by atoms with Crippen molar-refractivity contribution in [3.8, 4) is 0 Å². The molecule has 2 rings (SSSR count). The van der Waals surface area contributed by atoms with Gasteiger partial charge < -0.3 is 5.73 Å². The fourth-order valence-electron chi connectivity index (χ4n) is 3.31. The summed E-state index contributed by atoms with van der Waals surface area (Å²) in [5, 5.41) is 0. The van der Waals surface area contributed by atoms with Gasteiger partial charge in [0.25, 0.3) is 0 Å². The molecule has 0 spiro atoms. The average Bonchev–Trinajstić information content (AvgIpc) is 2.43. The third kappa shape index (κ3) is 2.93. The van der Waals surface area contributed by atoms with Gasteiger partial charge in [-0.25, -0.2) is 0 Å². The van der Waals surface area contributed by atoms with E-state index in [4.69, 9.17) is 5.73 Å². The van der Waals surface area contributed by atoms with Crippen molar-refractivity contribution in [3.63, 3.8) is 0 Å². The molecule has 2 heteroatoms. The Morgan fingerprint density at radius 3 is 2.39 bits per heavy atom. The molecule has 0 heterocycles. The molecule has 2 N–H and O–H groups in total. The lowest BCUT2D eigenvalue weighted by atomic mass is 9.78. The normalized spacial score (nSPS) is 28.6. The predicted octanol–water partition coefficient (Wildman–Crippen LogP) is 2.99. The summed E-state index contributed by atoms with van der Waals surface area (Å²) in [6, 6.07) is 11.8. The molecule has 100 valence electrons. The number of nitrogens with two attached hydrogens (primary N) is 1. The maximum Gasteiger partial charge on any atom is 0.0252 e. The summed E-state index contributed by atoms with van der Waals surface area (Å²) in [6.07, 6.45) is 3.61. The minimum atomic E-state index is 0.352. The summed E-state index contributed by atoms with van der Waals surface area (Å²) in [4.78, 5) is 2.53. The van der Waals surface area contributed by atoms with Gasteiger partial charge in [-0.1, -0.05) is 44.2 Å². The van der Waals surface area contributed by atoms with Gasteiger partial charge in [0.2, 0.25) is 0 Å². The molecule has 1 aromatic rings. The average molecular weight is 246 g/mol. The Labute approximate surface area is 111 Å².